The van der Waals surface area contributed by atoms with Crippen molar-refractivity contribution < 1.29 is 19.1 Å². The summed E-state index contributed by atoms with van der Waals surface area (Å²) in [6.45, 7) is 5.36. The maximum absolute atomic E-state index is 11.7. The molecule has 2 unspecified atom stereocenters. The van der Waals surface area contributed by atoms with Crippen LogP contribution in [0.1, 0.15) is 31.6 Å². The van der Waals surface area contributed by atoms with Crippen molar-refractivity contribution in [3.05, 3.63) is 23.7 Å². The molecule has 5 heteroatoms. The number of rotatable bonds is 7. The van der Waals surface area contributed by atoms with Gasteiger partial charge in [-0.25, -0.2) is 0 Å². The number of hydrogen-bond acceptors (Lipinski definition) is 4. The molecule has 21 heavy (non-hydrogen) atoms. The number of aliphatic carboxylic acids is 1. The second-order valence-corrected chi connectivity index (χ2v) is 6.12. The second kappa shape index (κ2) is 6.89. The smallest absolute Gasteiger partial charge is 0.307 e. The van der Waals surface area contributed by atoms with Crippen LogP contribution in [0.15, 0.2) is 16.7 Å². The van der Waals surface area contributed by atoms with E-state index < -0.39 is 11.9 Å². The van der Waals surface area contributed by atoms with Crippen LogP contribution in [-0.4, -0.2) is 29.9 Å². The molecule has 1 saturated heterocycles. The molecule has 0 saturated carbocycles. The van der Waals surface area contributed by atoms with Gasteiger partial charge in [0, 0.05) is 5.92 Å². The molecule has 0 spiro atoms. The van der Waals surface area contributed by atoms with E-state index in [1.165, 1.54) is 0 Å². The molecule has 5 nitrogen and oxygen atoms in total. The van der Waals surface area contributed by atoms with E-state index in [9.17, 15) is 14.7 Å². The first kappa shape index (κ1) is 15.8. The minimum Gasteiger partial charge on any atom is -0.481 e. The summed E-state index contributed by atoms with van der Waals surface area (Å²) in [5, 5.41) is 12.6. The van der Waals surface area contributed by atoms with E-state index in [-0.39, 0.29) is 24.0 Å². The molecule has 1 aliphatic rings. The van der Waals surface area contributed by atoms with Gasteiger partial charge in [0.05, 0.1) is 18.6 Å². The summed E-state index contributed by atoms with van der Waals surface area (Å²) in [4.78, 5) is 23.2. The molecule has 2 atom stereocenters. The molecule has 2 N–H and O–H groups in total. The Kier molecular flexibility index (Phi) is 5.17. The molecule has 0 aliphatic carbocycles. The molecule has 1 aliphatic heterocycles. The summed E-state index contributed by atoms with van der Waals surface area (Å²) >= 11 is 0. The average Bonchev–Trinajstić information content (AvgIpc) is 3.06. The van der Waals surface area contributed by atoms with E-state index in [0.717, 1.165) is 25.1 Å². The van der Waals surface area contributed by atoms with Crippen molar-refractivity contribution in [1.29, 1.82) is 0 Å². The normalized spacial score (nSPS) is 19.9. The highest BCUT2D eigenvalue weighted by Gasteiger charge is 2.31. The van der Waals surface area contributed by atoms with Crippen molar-refractivity contribution in [3.63, 3.8) is 0 Å². The van der Waals surface area contributed by atoms with E-state index in [4.69, 9.17) is 4.42 Å². The maximum atomic E-state index is 11.7. The van der Waals surface area contributed by atoms with Gasteiger partial charge < -0.3 is 14.8 Å². The number of carboxylic acid groups (broad SMARTS) is 1. The third-order valence-electron chi connectivity index (χ3n) is 4.14. The molecule has 1 aromatic rings. The Morgan fingerprint density at radius 3 is 2.81 bits per heavy atom. The number of nitrogens with one attached hydrogen (secondary N) is 1. The zero-order valence-corrected chi connectivity index (χ0v) is 12.6. The number of hydrogen-bond donors (Lipinski definition) is 2. The molecular weight excluding hydrogens is 270 g/mol. The summed E-state index contributed by atoms with van der Waals surface area (Å²) in [5.41, 5.74) is 0.862. The highest BCUT2D eigenvalue weighted by Crippen LogP contribution is 2.24. The molecule has 2 heterocycles. The van der Waals surface area contributed by atoms with Crippen molar-refractivity contribution in [2.45, 2.75) is 33.1 Å². The summed E-state index contributed by atoms with van der Waals surface area (Å²) in [6.07, 6.45) is 3.22. The topological polar surface area (TPSA) is 79.5 Å². The lowest BCUT2D eigenvalue weighted by molar-refractivity contribution is -0.143. The minimum absolute atomic E-state index is 0.0186. The fraction of sp³-hybridized carbons (Fsp3) is 0.625. The lowest BCUT2D eigenvalue weighted by atomic mass is 9.87. The van der Waals surface area contributed by atoms with Gasteiger partial charge in [0.25, 0.3) is 0 Å². The molecule has 0 radical (unpaired) electrons. The second-order valence-electron chi connectivity index (χ2n) is 6.12. The van der Waals surface area contributed by atoms with Crippen molar-refractivity contribution in [2.75, 3.05) is 13.1 Å². The third-order valence-corrected chi connectivity index (χ3v) is 4.14. The van der Waals surface area contributed by atoms with Gasteiger partial charge in [0.2, 0.25) is 0 Å². The van der Waals surface area contributed by atoms with Crippen molar-refractivity contribution >= 4 is 11.8 Å². The zero-order chi connectivity index (χ0) is 15.4. The first-order valence-corrected chi connectivity index (χ1v) is 7.50. The summed E-state index contributed by atoms with van der Waals surface area (Å²) in [6, 6.07) is 1.82. The summed E-state index contributed by atoms with van der Waals surface area (Å²) in [5.74, 6) is -0.257. The standard InChI is InChI=1S/C16H23NO4/c1-10(2)15(18)7-13-5-11(9-21-13)6-14(16(19)20)12-3-4-17-8-12/h5,9-10,12,14,17H,3-4,6-8H2,1-2H3,(H,19,20). The zero-order valence-electron chi connectivity index (χ0n) is 12.6. The predicted octanol–water partition coefficient (Wildman–Crippen LogP) is 1.90. The van der Waals surface area contributed by atoms with Gasteiger partial charge in [-0.15, -0.1) is 0 Å². The maximum Gasteiger partial charge on any atom is 0.307 e. The van der Waals surface area contributed by atoms with Gasteiger partial charge >= 0.3 is 5.97 Å². The molecular formula is C16H23NO4. The molecule has 0 aromatic carbocycles. The lowest BCUT2D eigenvalue weighted by Crippen LogP contribution is -2.27. The summed E-state index contributed by atoms with van der Waals surface area (Å²) < 4.78 is 5.40. The first-order chi connectivity index (χ1) is 9.97. The van der Waals surface area contributed by atoms with Crippen molar-refractivity contribution in [2.24, 2.45) is 17.8 Å². The average molecular weight is 293 g/mol. The van der Waals surface area contributed by atoms with Crippen LogP contribution in [0, 0.1) is 17.8 Å². The molecule has 0 bridgehead atoms. The SMILES string of the molecule is CC(C)C(=O)Cc1cc(CC(C(=O)O)C2CCNC2)co1. The van der Waals surface area contributed by atoms with Crippen LogP contribution in [0.25, 0.3) is 0 Å². The Hall–Kier alpha value is -1.62. The van der Waals surface area contributed by atoms with Crippen LogP contribution in [0.2, 0.25) is 0 Å². The Morgan fingerprint density at radius 1 is 1.48 bits per heavy atom. The molecule has 116 valence electrons. The largest absolute Gasteiger partial charge is 0.481 e. The quantitative estimate of drug-likeness (QED) is 0.802. The van der Waals surface area contributed by atoms with Crippen LogP contribution >= 0.6 is 0 Å². The van der Waals surface area contributed by atoms with Gasteiger partial charge in [0.15, 0.2) is 0 Å². The van der Waals surface area contributed by atoms with E-state index in [1.54, 1.807) is 6.26 Å². The number of ketones is 1. The van der Waals surface area contributed by atoms with Gasteiger partial charge in [-0.1, -0.05) is 13.8 Å². The van der Waals surface area contributed by atoms with Gasteiger partial charge in [-0.3, -0.25) is 9.59 Å². The van der Waals surface area contributed by atoms with Gasteiger partial charge in [0.1, 0.15) is 11.5 Å². The minimum atomic E-state index is -0.760. The number of Topliss-reactive ketones (excluding diaryl/α,β-unsaturated/α-hetero) is 1. The van der Waals surface area contributed by atoms with Crippen LogP contribution in [0.3, 0.4) is 0 Å². The highest BCUT2D eigenvalue weighted by atomic mass is 16.4. The molecule has 1 aromatic heterocycles. The lowest BCUT2D eigenvalue weighted by Gasteiger charge is -2.17. The van der Waals surface area contributed by atoms with Crippen LogP contribution in [0.5, 0.6) is 0 Å². The van der Waals surface area contributed by atoms with E-state index in [1.807, 2.05) is 19.9 Å². The van der Waals surface area contributed by atoms with E-state index in [2.05, 4.69) is 5.32 Å². The molecule has 1 fully saturated rings. The van der Waals surface area contributed by atoms with Crippen LogP contribution < -0.4 is 5.32 Å². The van der Waals surface area contributed by atoms with E-state index >= 15 is 0 Å². The Morgan fingerprint density at radius 2 is 2.24 bits per heavy atom. The third kappa shape index (κ3) is 4.17. The fourth-order valence-corrected chi connectivity index (χ4v) is 2.73. The van der Waals surface area contributed by atoms with Crippen LogP contribution in [-0.2, 0) is 22.4 Å². The van der Waals surface area contributed by atoms with E-state index in [0.29, 0.717) is 12.2 Å². The van der Waals surface area contributed by atoms with Gasteiger partial charge in [-0.2, -0.15) is 0 Å². The van der Waals surface area contributed by atoms with Crippen LogP contribution in [0.4, 0.5) is 0 Å². The Labute approximate surface area is 124 Å². The predicted molar refractivity (Wildman–Crippen MR) is 78.1 cm³/mol. The number of furan rings is 1. The first-order valence-electron chi connectivity index (χ1n) is 7.50. The summed E-state index contributed by atoms with van der Waals surface area (Å²) in [7, 11) is 0. The van der Waals surface area contributed by atoms with Crippen molar-refractivity contribution in [3.8, 4) is 0 Å². The Bertz CT molecular complexity index is 500. The monoisotopic (exact) mass is 293 g/mol. The molecule has 2 rings (SSSR count). The number of carbonyl (C=O) groups excluding carboxylic acids is 1. The number of carboxylic acids is 1. The van der Waals surface area contributed by atoms with Gasteiger partial charge in [-0.05, 0) is 43.5 Å². The fourth-order valence-electron chi connectivity index (χ4n) is 2.73. The van der Waals surface area contributed by atoms with Crippen molar-refractivity contribution in [1.82, 2.24) is 5.32 Å². The Balaban J connectivity index is 1.99. The number of carbonyl (C=O) groups is 2. The highest BCUT2D eigenvalue weighted by molar-refractivity contribution is 5.82. The molecule has 0 amide bonds.